The average Bonchev–Trinajstić information content (AvgIpc) is 2.81. The van der Waals surface area contributed by atoms with E-state index in [1.165, 1.54) is 0 Å². The smallest absolute Gasteiger partial charge is 0.126 e. The van der Waals surface area contributed by atoms with Gasteiger partial charge in [0.05, 0.1) is 17.6 Å². The summed E-state index contributed by atoms with van der Waals surface area (Å²) in [6.07, 6.45) is 1.76. The van der Waals surface area contributed by atoms with E-state index in [0.29, 0.717) is 6.54 Å². The van der Waals surface area contributed by atoms with E-state index >= 15 is 0 Å². The van der Waals surface area contributed by atoms with Crippen LogP contribution in [-0.4, -0.2) is 15.0 Å². The van der Waals surface area contributed by atoms with Crippen LogP contribution < -0.4 is 5.32 Å². The fourth-order valence-electron chi connectivity index (χ4n) is 1.74. The third-order valence-electron chi connectivity index (χ3n) is 2.60. The predicted octanol–water partition coefficient (Wildman–Crippen LogP) is 3.33. The van der Waals surface area contributed by atoms with Gasteiger partial charge in [-0.3, -0.25) is 0 Å². The highest BCUT2D eigenvalue weighted by atomic mass is 79.9. The zero-order valence-electron chi connectivity index (χ0n) is 9.52. The van der Waals surface area contributed by atoms with Gasteiger partial charge in [-0.05, 0) is 40.2 Å². The van der Waals surface area contributed by atoms with Crippen molar-refractivity contribution in [3.05, 3.63) is 52.9 Å². The molecular weight excluding hydrogens is 292 g/mol. The fraction of sp³-hybridized carbons (Fsp3) is 0.0769. The molecule has 3 aromatic rings. The van der Waals surface area contributed by atoms with Gasteiger partial charge >= 0.3 is 0 Å². The number of nitrogens with one attached hydrogen (secondary N) is 2. The molecule has 90 valence electrons. The number of hydrogen-bond acceptors (Lipinski definition) is 3. The lowest BCUT2D eigenvalue weighted by atomic mass is 10.3. The third-order valence-corrected chi connectivity index (χ3v) is 3.07. The summed E-state index contributed by atoms with van der Waals surface area (Å²) < 4.78 is 0.969. The lowest BCUT2D eigenvalue weighted by Crippen LogP contribution is -2.02. The standard InChI is InChI=1S/C13H11BrN4/c14-9-5-6-12(15-7-9)16-8-13-17-10-3-1-2-4-11(10)18-13/h1-7H,8H2,(H,15,16)(H,17,18). The summed E-state index contributed by atoms with van der Waals surface area (Å²) >= 11 is 3.36. The lowest BCUT2D eigenvalue weighted by Gasteiger charge is -2.02. The largest absolute Gasteiger partial charge is 0.363 e. The molecule has 1 aromatic carbocycles. The Hall–Kier alpha value is -1.88. The molecule has 0 aliphatic rings. The molecule has 0 radical (unpaired) electrons. The molecule has 2 aromatic heterocycles. The molecule has 2 heterocycles. The predicted molar refractivity (Wildman–Crippen MR) is 75.4 cm³/mol. The number of fused-ring (bicyclic) bond motifs is 1. The van der Waals surface area contributed by atoms with Gasteiger partial charge in [-0.1, -0.05) is 12.1 Å². The molecule has 4 nitrogen and oxygen atoms in total. The highest BCUT2D eigenvalue weighted by Gasteiger charge is 2.01. The molecule has 0 amide bonds. The summed E-state index contributed by atoms with van der Waals surface area (Å²) in [7, 11) is 0. The first-order valence-corrected chi connectivity index (χ1v) is 6.39. The topological polar surface area (TPSA) is 53.6 Å². The minimum atomic E-state index is 0.628. The van der Waals surface area contributed by atoms with E-state index in [0.717, 1.165) is 27.1 Å². The summed E-state index contributed by atoms with van der Waals surface area (Å²) in [5.74, 6) is 1.74. The molecular formula is C13H11BrN4. The van der Waals surface area contributed by atoms with Crippen molar-refractivity contribution in [3.63, 3.8) is 0 Å². The number of pyridine rings is 1. The van der Waals surface area contributed by atoms with Gasteiger partial charge < -0.3 is 10.3 Å². The van der Waals surface area contributed by atoms with Crippen LogP contribution in [0.2, 0.25) is 0 Å². The first-order valence-electron chi connectivity index (χ1n) is 5.60. The van der Waals surface area contributed by atoms with Crippen LogP contribution in [0.15, 0.2) is 47.1 Å². The highest BCUT2D eigenvalue weighted by molar-refractivity contribution is 9.10. The molecule has 3 rings (SSSR count). The van der Waals surface area contributed by atoms with Crippen molar-refractivity contribution >= 4 is 32.8 Å². The number of para-hydroxylation sites is 2. The number of aromatic amines is 1. The van der Waals surface area contributed by atoms with Gasteiger partial charge in [-0.25, -0.2) is 9.97 Å². The van der Waals surface area contributed by atoms with E-state index in [9.17, 15) is 0 Å². The molecule has 0 fully saturated rings. The number of anilines is 1. The number of halogens is 1. The van der Waals surface area contributed by atoms with E-state index in [-0.39, 0.29) is 0 Å². The molecule has 18 heavy (non-hydrogen) atoms. The molecule has 0 saturated heterocycles. The zero-order valence-corrected chi connectivity index (χ0v) is 11.1. The molecule has 2 N–H and O–H groups in total. The van der Waals surface area contributed by atoms with Crippen LogP contribution in [0.4, 0.5) is 5.82 Å². The van der Waals surface area contributed by atoms with E-state index in [1.54, 1.807) is 6.20 Å². The van der Waals surface area contributed by atoms with Gasteiger partial charge in [-0.15, -0.1) is 0 Å². The Kier molecular flexibility index (Phi) is 2.98. The maximum Gasteiger partial charge on any atom is 0.126 e. The van der Waals surface area contributed by atoms with Crippen molar-refractivity contribution in [2.75, 3.05) is 5.32 Å². The van der Waals surface area contributed by atoms with E-state index < -0.39 is 0 Å². The summed E-state index contributed by atoms with van der Waals surface area (Å²) in [4.78, 5) is 12.0. The van der Waals surface area contributed by atoms with Crippen LogP contribution >= 0.6 is 15.9 Å². The van der Waals surface area contributed by atoms with E-state index in [4.69, 9.17) is 0 Å². The van der Waals surface area contributed by atoms with Crippen LogP contribution in [0, 0.1) is 0 Å². The van der Waals surface area contributed by atoms with Crippen molar-refractivity contribution in [2.24, 2.45) is 0 Å². The molecule has 0 atom stereocenters. The van der Waals surface area contributed by atoms with Crippen molar-refractivity contribution in [3.8, 4) is 0 Å². The number of benzene rings is 1. The second-order valence-corrected chi connectivity index (χ2v) is 4.83. The Balaban J connectivity index is 1.74. The van der Waals surface area contributed by atoms with Gasteiger partial charge in [0.25, 0.3) is 0 Å². The van der Waals surface area contributed by atoms with Crippen molar-refractivity contribution in [2.45, 2.75) is 6.54 Å². The van der Waals surface area contributed by atoms with Crippen LogP contribution in [-0.2, 0) is 6.54 Å². The number of imidazole rings is 1. The molecule has 0 aliphatic heterocycles. The van der Waals surface area contributed by atoms with Gasteiger partial charge in [0, 0.05) is 10.7 Å². The summed E-state index contributed by atoms with van der Waals surface area (Å²) in [6.45, 7) is 0.628. The maximum absolute atomic E-state index is 4.49. The molecule has 5 heteroatoms. The van der Waals surface area contributed by atoms with Crippen molar-refractivity contribution < 1.29 is 0 Å². The van der Waals surface area contributed by atoms with Crippen molar-refractivity contribution in [1.82, 2.24) is 15.0 Å². The monoisotopic (exact) mass is 302 g/mol. The van der Waals surface area contributed by atoms with Crippen LogP contribution in [0.3, 0.4) is 0 Å². The number of H-pyrrole nitrogens is 1. The highest BCUT2D eigenvalue weighted by Crippen LogP contribution is 2.13. The second kappa shape index (κ2) is 4.78. The normalized spacial score (nSPS) is 10.7. The summed E-state index contributed by atoms with van der Waals surface area (Å²) in [5.41, 5.74) is 2.04. The van der Waals surface area contributed by atoms with Gasteiger partial charge in [0.2, 0.25) is 0 Å². The van der Waals surface area contributed by atoms with E-state index in [2.05, 4.69) is 36.2 Å². The molecule has 0 bridgehead atoms. The Morgan fingerprint density at radius 3 is 2.83 bits per heavy atom. The lowest BCUT2D eigenvalue weighted by molar-refractivity contribution is 0.997. The minimum Gasteiger partial charge on any atom is -0.363 e. The Labute approximate surface area is 113 Å². The van der Waals surface area contributed by atoms with Gasteiger partial charge in [-0.2, -0.15) is 0 Å². The first-order chi connectivity index (χ1) is 8.81. The van der Waals surface area contributed by atoms with E-state index in [1.807, 2.05) is 36.4 Å². The third kappa shape index (κ3) is 2.36. The van der Waals surface area contributed by atoms with Crippen LogP contribution in [0.5, 0.6) is 0 Å². The number of hydrogen-bond donors (Lipinski definition) is 2. The number of nitrogens with zero attached hydrogens (tertiary/aromatic N) is 2. The van der Waals surface area contributed by atoms with Crippen LogP contribution in [0.25, 0.3) is 11.0 Å². The summed E-state index contributed by atoms with van der Waals surface area (Å²) in [5, 5.41) is 3.22. The number of aromatic nitrogens is 3. The SMILES string of the molecule is Brc1ccc(NCc2nc3ccccc3[nH]2)nc1. The minimum absolute atomic E-state index is 0.628. The first kappa shape index (κ1) is 11.2. The quantitative estimate of drug-likeness (QED) is 0.780. The number of rotatable bonds is 3. The Bertz CT molecular complexity index is 627. The second-order valence-electron chi connectivity index (χ2n) is 3.92. The van der Waals surface area contributed by atoms with Crippen LogP contribution in [0.1, 0.15) is 5.82 Å². The molecule has 0 aliphatic carbocycles. The molecule has 0 saturated carbocycles. The molecule has 0 unspecified atom stereocenters. The summed E-state index contributed by atoms with van der Waals surface area (Å²) in [6, 6.07) is 11.9. The van der Waals surface area contributed by atoms with Crippen molar-refractivity contribution in [1.29, 1.82) is 0 Å². The zero-order chi connectivity index (χ0) is 12.4. The fourth-order valence-corrected chi connectivity index (χ4v) is 1.98. The van der Waals surface area contributed by atoms with Gasteiger partial charge in [0.1, 0.15) is 11.6 Å². The Morgan fingerprint density at radius 1 is 1.17 bits per heavy atom. The average molecular weight is 303 g/mol. The van der Waals surface area contributed by atoms with Gasteiger partial charge in [0.15, 0.2) is 0 Å². The maximum atomic E-state index is 4.49. The Morgan fingerprint density at radius 2 is 2.06 bits per heavy atom. The molecule has 0 spiro atoms.